The molecule has 7 heteroatoms. The van der Waals surface area contributed by atoms with Crippen LogP contribution < -0.4 is 4.74 Å². The summed E-state index contributed by atoms with van der Waals surface area (Å²) >= 11 is 11.8. The molecule has 1 amide bonds. The smallest absolute Gasteiger partial charge is 0.307 e. The molecule has 0 atom stereocenters. The van der Waals surface area contributed by atoms with Gasteiger partial charge in [-0.05, 0) is 31.5 Å². The van der Waals surface area contributed by atoms with Gasteiger partial charge in [-0.2, -0.15) is 0 Å². The summed E-state index contributed by atoms with van der Waals surface area (Å²) in [6.45, 7) is 4.87. The Morgan fingerprint density at radius 1 is 1.17 bits per heavy atom. The maximum atomic E-state index is 12.4. The van der Waals surface area contributed by atoms with Crippen LogP contribution in [0.3, 0.4) is 0 Å². The van der Waals surface area contributed by atoms with Crippen molar-refractivity contribution < 1.29 is 19.1 Å². The number of hydrogen-bond acceptors (Lipinski definition) is 4. The molecule has 134 valence electrons. The molecule has 0 fully saturated rings. The van der Waals surface area contributed by atoms with Gasteiger partial charge in [0.05, 0.1) is 18.1 Å². The van der Waals surface area contributed by atoms with Crippen LogP contribution in [0.25, 0.3) is 0 Å². The lowest BCUT2D eigenvalue weighted by Crippen LogP contribution is -2.37. The van der Waals surface area contributed by atoms with Crippen LogP contribution in [0.4, 0.5) is 0 Å². The second-order valence-corrected chi connectivity index (χ2v) is 6.00. The standard InChI is InChI=1S/C17H23Cl2NO4/c1-3-5-9-20(10-8-17(22)23-4-2)16(21)12-24-15-7-6-13(18)11-14(15)19/h6-7,11H,3-5,8-10,12H2,1-2H3. The highest BCUT2D eigenvalue weighted by Gasteiger charge is 2.16. The lowest BCUT2D eigenvalue weighted by atomic mass is 10.3. The Balaban J connectivity index is 2.57. The van der Waals surface area contributed by atoms with E-state index in [0.717, 1.165) is 12.8 Å². The molecule has 0 aliphatic heterocycles. The number of benzene rings is 1. The molecule has 0 saturated carbocycles. The van der Waals surface area contributed by atoms with Crippen LogP contribution in [0.1, 0.15) is 33.1 Å². The van der Waals surface area contributed by atoms with E-state index in [1.54, 1.807) is 30.0 Å². The zero-order valence-corrected chi connectivity index (χ0v) is 15.5. The number of esters is 1. The number of unbranched alkanes of at least 4 members (excludes halogenated alkanes) is 1. The van der Waals surface area contributed by atoms with Gasteiger partial charge in [0.15, 0.2) is 6.61 Å². The molecule has 0 aliphatic rings. The number of carbonyl (C=O) groups is 2. The van der Waals surface area contributed by atoms with Gasteiger partial charge in [-0.1, -0.05) is 36.5 Å². The number of amides is 1. The summed E-state index contributed by atoms with van der Waals surface area (Å²) in [6.07, 6.45) is 1.98. The summed E-state index contributed by atoms with van der Waals surface area (Å²) in [5, 5.41) is 0.847. The molecule has 0 aliphatic carbocycles. The third kappa shape index (κ3) is 7.41. The highest BCUT2D eigenvalue weighted by molar-refractivity contribution is 6.35. The van der Waals surface area contributed by atoms with Crippen molar-refractivity contribution in [3.63, 3.8) is 0 Å². The number of nitrogens with zero attached hydrogens (tertiary/aromatic N) is 1. The molecule has 0 radical (unpaired) electrons. The fourth-order valence-corrected chi connectivity index (χ4v) is 2.46. The van der Waals surface area contributed by atoms with Gasteiger partial charge in [0.2, 0.25) is 0 Å². The third-order valence-electron chi connectivity index (χ3n) is 3.27. The Morgan fingerprint density at radius 2 is 1.92 bits per heavy atom. The van der Waals surface area contributed by atoms with Crippen molar-refractivity contribution in [1.82, 2.24) is 4.90 Å². The molecule has 24 heavy (non-hydrogen) atoms. The molecule has 1 rings (SSSR count). The lowest BCUT2D eigenvalue weighted by Gasteiger charge is -2.22. The first-order valence-electron chi connectivity index (χ1n) is 7.99. The first-order chi connectivity index (χ1) is 11.5. The van der Waals surface area contributed by atoms with Gasteiger partial charge < -0.3 is 14.4 Å². The molecule has 0 saturated heterocycles. The fourth-order valence-electron chi connectivity index (χ4n) is 1.99. The Labute approximate surface area is 152 Å². The SMILES string of the molecule is CCCCN(CCC(=O)OCC)C(=O)COc1ccc(Cl)cc1Cl. The van der Waals surface area contributed by atoms with Gasteiger partial charge in [-0.3, -0.25) is 9.59 Å². The number of rotatable bonds is 10. The van der Waals surface area contributed by atoms with Crippen LogP contribution >= 0.6 is 23.2 Å². The highest BCUT2D eigenvalue weighted by atomic mass is 35.5. The maximum Gasteiger partial charge on any atom is 0.307 e. The van der Waals surface area contributed by atoms with E-state index >= 15 is 0 Å². The maximum absolute atomic E-state index is 12.4. The molecular formula is C17H23Cl2NO4. The van der Waals surface area contributed by atoms with E-state index in [4.69, 9.17) is 32.7 Å². The normalized spacial score (nSPS) is 10.3. The van der Waals surface area contributed by atoms with Gasteiger partial charge in [0, 0.05) is 18.1 Å². The van der Waals surface area contributed by atoms with Crippen LogP contribution in [0, 0.1) is 0 Å². The van der Waals surface area contributed by atoms with Crippen molar-refractivity contribution in [2.45, 2.75) is 33.1 Å². The van der Waals surface area contributed by atoms with Crippen molar-refractivity contribution in [2.75, 3.05) is 26.3 Å². The molecule has 1 aromatic carbocycles. The molecule has 0 N–H and O–H groups in total. The first kappa shape index (κ1) is 20.6. The molecular weight excluding hydrogens is 353 g/mol. The van der Waals surface area contributed by atoms with Crippen molar-refractivity contribution in [3.8, 4) is 5.75 Å². The minimum absolute atomic E-state index is 0.145. The van der Waals surface area contributed by atoms with Crippen LogP contribution in [-0.4, -0.2) is 43.1 Å². The molecule has 0 bridgehead atoms. The van der Waals surface area contributed by atoms with Crippen LogP contribution in [0.2, 0.25) is 10.0 Å². The predicted octanol–water partition coefficient (Wildman–Crippen LogP) is 3.95. The van der Waals surface area contributed by atoms with E-state index in [9.17, 15) is 9.59 Å². The number of hydrogen-bond donors (Lipinski definition) is 0. The second-order valence-electron chi connectivity index (χ2n) is 5.15. The van der Waals surface area contributed by atoms with Crippen molar-refractivity contribution in [1.29, 1.82) is 0 Å². The monoisotopic (exact) mass is 375 g/mol. The molecule has 0 aromatic heterocycles. The number of ether oxygens (including phenoxy) is 2. The zero-order valence-electron chi connectivity index (χ0n) is 14.0. The zero-order chi connectivity index (χ0) is 17.9. The van der Waals surface area contributed by atoms with E-state index in [0.29, 0.717) is 35.5 Å². The predicted molar refractivity (Wildman–Crippen MR) is 94.7 cm³/mol. The topological polar surface area (TPSA) is 55.8 Å². The molecule has 1 aromatic rings. The van der Waals surface area contributed by atoms with Gasteiger partial charge in [0.1, 0.15) is 5.75 Å². The second kappa shape index (κ2) is 11.2. The van der Waals surface area contributed by atoms with Gasteiger partial charge in [0.25, 0.3) is 5.91 Å². The summed E-state index contributed by atoms with van der Waals surface area (Å²) < 4.78 is 10.4. The lowest BCUT2D eigenvalue weighted by molar-refractivity contribution is -0.144. The van der Waals surface area contributed by atoms with Gasteiger partial charge in [-0.15, -0.1) is 0 Å². The van der Waals surface area contributed by atoms with Crippen LogP contribution in [0.5, 0.6) is 5.75 Å². The van der Waals surface area contributed by atoms with Crippen molar-refractivity contribution in [2.24, 2.45) is 0 Å². The van der Waals surface area contributed by atoms with Crippen LogP contribution in [0.15, 0.2) is 18.2 Å². The van der Waals surface area contributed by atoms with E-state index in [2.05, 4.69) is 0 Å². The molecule has 0 spiro atoms. The average Bonchev–Trinajstić information content (AvgIpc) is 2.54. The Bertz CT molecular complexity index is 551. The summed E-state index contributed by atoms with van der Waals surface area (Å²) in [5.74, 6) is -0.109. The molecule has 0 heterocycles. The molecule has 5 nitrogen and oxygen atoms in total. The number of halogens is 2. The minimum atomic E-state index is -0.312. The van der Waals surface area contributed by atoms with Crippen molar-refractivity contribution >= 4 is 35.1 Å². The van der Waals surface area contributed by atoms with Gasteiger partial charge in [-0.25, -0.2) is 0 Å². The molecule has 0 unspecified atom stereocenters. The summed E-state index contributed by atoms with van der Waals surface area (Å²) in [5.41, 5.74) is 0. The fraction of sp³-hybridized carbons (Fsp3) is 0.529. The minimum Gasteiger partial charge on any atom is -0.482 e. The Kier molecular flexibility index (Phi) is 9.57. The Morgan fingerprint density at radius 3 is 2.54 bits per heavy atom. The van der Waals surface area contributed by atoms with Gasteiger partial charge >= 0.3 is 5.97 Å². The summed E-state index contributed by atoms with van der Waals surface area (Å²) in [4.78, 5) is 25.4. The van der Waals surface area contributed by atoms with E-state index in [1.165, 1.54) is 0 Å². The number of carbonyl (C=O) groups excluding carboxylic acids is 2. The van der Waals surface area contributed by atoms with E-state index in [1.807, 2.05) is 6.92 Å². The largest absolute Gasteiger partial charge is 0.482 e. The van der Waals surface area contributed by atoms with E-state index < -0.39 is 0 Å². The van der Waals surface area contributed by atoms with Crippen molar-refractivity contribution in [3.05, 3.63) is 28.2 Å². The van der Waals surface area contributed by atoms with Crippen LogP contribution in [-0.2, 0) is 14.3 Å². The summed E-state index contributed by atoms with van der Waals surface area (Å²) in [6, 6.07) is 4.81. The first-order valence-corrected chi connectivity index (χ1v) is 8.74. The highest BCUT2D eigenvalue weighted by Crippen LogP contribution is 2.27. The van der Waals surface area contributed by atoms with E-state index in [-0.39, 0.29) is 24.9 Å². The third-order valence-corrected chi connectivity index (χ3v) is 3.80. The Hall–Kier alpha value is -1.46. The quantitative estimate of drug-likeness (QED) is 0.580. The average molecular weight is 376 g/mol. The summed E-state index contributed by atoms with van der Waals surface area (Å²) in [7, 11) is 0.